The Hall–Kier alpha value is -2.19. The number of rotatable bonds is 3. The molecule has 0 aromatic rings. The van der Waals surface area contributed by atoms with Gasteiger partial charge in [0.15, 0.2) is 19.7 Å². The molecular weight excluding hydrogens is 450 g/mol. The van der Waals surface area contributed by atoms with E-state index in [4.69, 9.17) is 9.16 Å². The summed E-state index contributed by atoms with van der Waals surface area (Å²) in [6, 6.07) is 0. The molecule has 3 rings (SSSR count). The van der Waals surface area contributed by atoms with Gasteiger partial charge < -0.3 is 9.16 Å². The minimum absolute atomic E-state index is 0.0334. The molecule has 33 heavy (non-hydrogen) atoms. The quantitative estimate of drug-likeness (QED) is 0.446. The molecule has 0 fully saturated rings. The van der Waals surface area contributed by atoms with Gasteiger partial charge in [-0.05, 0) is 56.6 Å². The van der Waals surface area contributed by atoms with Crippen LogP contribution in [0.4, 0.5) is 4.79 Å². The highest BCUT2D eigenvalue weighted by molar-refractivity contribution is 8.00. The molecule has 0 spiro atoms. The van der Waals surface area contributed by atoms with Crippen molar-refractivity contribution in [3.05, 3.63) is 35.1 Å². The summed E-state index contributed by atoms with van der Waals surface area (Å²) in [5.41, 5.74) is 0.0149. The van der Waals surface area contributed by atoms with Gasteiger partial charge in [0.25, 0.3) is 0 Å². The molecule has 1 N–H and O–H groups in total. The van der Waals surface area contributed by atoms with E-state index < -0.39 is 25.6 Å². The largest absolute Gasteiger partial charge is 0.444 e. The number of allylic oxidation sites excluding steroid dienone is 3. The Morgan fingerprint density at radius 3 is 2.48 bits per heavy atom. The maximum atomic E-state index is 13.6. The summed E-state index contributed by atoms with van der Waals surface area (Å²) in [6.07, 6.45) is 4.88. The van der Waals surface area contributed by atoms with E-state index >= 15 is 0 Å². The summed E-state index contributed by atoms with van der Waals surface area (Å²) in [6.45, 7) is 16.2. The molecule has 1 heterocycles. The molecular formula is C26H33NO4SSi. The molecule has 1 amide bonds. The zero-order valence-electron chi connectivity index (χ0n) is 20.8. The molecule has 2 atom stereocenters. The minimum Gasteiger partial charge on any atom is -0.444 e. The highest BCUT2D eigenvalue weighted by Crippen LogP contribution is 2.49. The van der Waals surface area contributed by atoms with Crippen molar-refractivity contribution in [2.75, 3.05) is 5.75 Å². The molecule has 0 unspecified atom stereocenters. The SMILES string of the molecule is CC(C)(C)OC(=O)NC1=C2C3=CCS[C@@H]2C#C/C=C\C#C[C@@]3(O[Si](C)(C)C(C)(C)C)CC1=O. The number of carbonyl (C=O) groups excluding carboxylic acids is 2. The van der Waals surface area contributed by atoms with Crippen molar-refractivity contribution in [3.63, 3.8) is 0 Å². The number of Topliss-reactive ketones (excluding diaryl/α,β-unsaturated/α-hetero) is 1. The minimum atomic E-state index is -2.32. The Labute approximate surface area is 203 Å². The lowest BCUT2D eigenvalue weighted by atomic mass is 9.76. The first-order valence-corrected chi connectivity index (χ1v) is 15.1. The summed E-state index contributed by atoms with van der Waals surface area (Å²) < 4.78 is 12.4. The van der Waals surface area contributed by atoms with E-state index in [-0.39, 0.29) is 28.2 Å². The number of ether oxygens (including phenoxy) is 1. The van der Waals surface area contributed by atoms with Gasteiger partial charge in [-0.3, -0.25) is 10.1 Å². The van der Waals surface area contributed by atoms with Gasteiger partial charge in [-0.15, -0.1) is 11.8 Å². The number of thioether (sulfide) groups is 1. The Kier molecular flexibility index (Phi) is 6.84. The van der Waals surface area contributed by atoms with Crippen LogP contribution in [0.25, 0.3) is 0 Å². The van der Waals surface area contributed by atoms with E-state index in [1.54, 1.807) is 44.7 Å². The van der Waals surface area contributed by atoms with Crippen molar-refractivity contribution >= 4 is 32.0 Å². The van der Waals surface area contributed by atoms with Gasteiger partial charge in [-0.25, -0.2) is 4.79 Å². The molecule has 176 valence electrons. The first kappa shape index (κ1) is 25.4. The van der Waals surface area contributed by atoms with Crippen molar-refractivity contribution < 1.29 is 18.8 Å². The Morgan fingerprint density at radius 1 is 1.18 bits per heavy atom. The molecule has 7 heteroatoms. The van der Waals surface area contributed by atoms with E-state index in [9.17, 15) is 9.59 Å². The van der Waals surface area contributed by atoms with Crippen LogP contribution >= 0.6 is 11.8 Å². The molecule has 0 saturated heterocycles. The molecule has 5 nitrogen and oxygen atoms in total. The average molecular weight is 484 g/mol. The van der Waals surface area contributed by atoms with Crippen LogP contribution in [0.5, 0.6) is 0 Å². The summed E-state index contributed by atoms with van der Waals surface area (Å²) in [5.74, 6) is 13.1. The standard InChI is InChI=1S/C26H33NO4SSi/c1-24(2,3)30-23(29)27-22-19(28)17-26(31-33(7,8)25(4,5)6)15-12-10-9-11-13-20-21(22)18(26)14-16-32-20/h9-10,14,20H,16-17H2,1-8H3,(H,27,29)/b10-9-/t20-,26-/m1/s1. The van der Waals surface area contributed by atoms with Crippen LogP contribution in [0.3, 0.4) is 0 Å². The number of ketones is 1. The van der Waals surface area contributed by atoms with Crippen LogP contribution in [0, 0.1) is 23.7 Å². The molecule has 4 bridgehead atoms. The van der Waals surface area contributed by atoms with Crippen LogP contribution in [0.2, 0.25) is 18.1 Å². The third-order valence-corrected chi connectivity index (χ3v) is 11.6. The van der Waals surface area contributed by atoms with Crippen LogP contribution < -0.4 is 5.32 Å². The maximum absolute atomic E-state index is 13.6. The molecule has 3 aliphatic rings. The van der Waals surface area contributed by atoms with Crippen molar-refractivity contribution in [1.82, 2.24) is 5.32 Å². The smallest absolute Gasteiger partial charge is 0.412 e. The van der Waals surface area contributed by atoms with E-state index in [1.165, 1.54) is 0 Å². The summed E-state index contributed by atoms with van der Waals surface area (Å²) in [7, 11) is -2.32. The lowest BCUT2D eigenvalue weighted by molar-refractivity contribution is -0.118. The topological polar surface area (TPSA) is 64.6 Å². The molecule has 0 saturated carbocycles. The Balaban J connectivity index is 2.20. The van der Waals surface area contributed by atoms with E-state index in [2.05, 4.69) is 68.9 Å². The van der Waals surface area contributed by atoms with Crippen molar-refractivity contribution in [2.45, 2.75) is 82.5 Å². The molecule has 0 aromatic carbocycles. The zero-order valence-corrected chi connectivity index (χ0v) is 22.6. The predicted octanol–water partition coefficient (Wildman–Crippen LogP) is 5.12. The highest BCUT2D eigenvalue weighted by Gasteiger charge is 2.52. The van der Waals surface area contributed by atoms with Crippen molar-refractivity contribution in [3.8, 4) is 23.7 Å². The summed E-state index contributed by atoms with van der Waals surface area (Å²) >= 11 is 1.62. The maximum Gasteiger partial charge on any atom is 0.412 e. The lowest BCUT2D eigenvalue weighted by Gasteiger charge is -2.47. The molecule has 2 aliphatic carbocycles. The van der Waals surface area contributed by atoms with Gasteiger partial charge in [0.1, 0.15) is 5.60 Å². The third-order valence-electron chi connectivity index (χ3n) is 6.10. The average Bonchev–Trinajstić information content (AvgIpc) is 2.64. The number of amides is 1. The normalized spacial score (nSPS) is 25.6. The van der Waals surface area contributed by atoms with Crippen LogP contribution in [-0.2, 0) is 14.0 Å². The van der Waals surface area contributed by atoms with E-state index in [0.717, 1.165) is 11.3 Å². The second-order valence-corrected chi connectivity index (χ2v) is 16.8. The third kappa shape index (κ3) is 5.49. The second-order valence-electron chi connectivity index (χ2n) is 10.9. The Morgan fingerprint density at radius 2 is 1.85 bits per heavy atom. The molecule has 0 radical (unpaired) electrons. The van der Waals surface area contributed by atoms with Crippen molar-refractivity contribution in [1.29, 1.82) is 0 Å². The van der Waals surface area contributed by atoms with Gasteiger partial charge in [-0.2, -0.15) is 0 Å². The van der Waals surface area contributed by atoms with Crippen LogP contribution in [-0.4, -0.2) is 42.4 Å². The lowest BCUT2D eigenvalue weighted by Crippen LogP contribution is -2.54. The number of nitrogens with one attached hydrogen (secondary N) is 1. The fourth-order valence-electron chi connectivity index (χ4n) is 3.61. The monoisotopic (exact) mass is 483 g/mol. The van der Waals surface area contributed by atoms with E-state index in [0.29, 0.717) is 5.57 Å². The van der Waals surface area contributed by atoms with Gasteiger partial charge in [0.2, 0.25) is 0 Å². The Bertz CT molecular complexity index is 1080. The highest BCUT2D eigenvalue weighted by atomic mass is 32.2. The van der Waals surface area contributed by atoms with Crippen LogP contribution in [0.15, 0.2) is 35.1 Å². The summed E-state index contributed by atoms with van der Waals surface area (Å²) in [4.78, 5) is 26.2. The number of alkyl carbamates (subject to hydrolysis) is 1. The number of carbonyl (C=O) groups is 2. The van der Waals surface area contributed by atoms with Gasteiger partial charge >= 0.3 is 6.09 Å². The van der Waals surface area contributed by atoms with Gasteiger partial charge in [-0.1, -0.05) is 50.5 Å². The number of hydrogen-bond donors (Lipinski definition) is 1. The van der Waals surface area contributed by atoms with Crippen molar-refractivity contribution in [2.24, 2.45) is 0 Å². The summed E-state index contributed by atoms with van der Waals surface area (Å²) in [5, 5.41) is 2.38. The second kappa shape index (κ2) is 8.87. The molecule has 1 aliphatic heterocycles. The fourth-order valence-corrected chi connectivity index (χ4v) is 6.04. The first-order valence-electron chi connectivity index (χ1n) is 11.1. The molecule has 0 aromatic heterocycles. The van der Waals surface area contributed by atoms with Gasteiger partial charge in [0, 0.05) is 11.3 Å². The zero-order chi connectivity index (χ0) is 24.7. The van der Waals surface area contributed by atoms with E-state index in [1.807, 2.05) is 0 Å². The predicted molar refractivity (Wildman–Crippen MR) is 136 cm³/mol. The number of hydrogen-bond acceptors (Lipinski definition) is 5. The first-order chi connectivity index (χ1) is 15.2. The van der Waals surface area contributed by atoms with Gasteiger partial charge in [0.05, 0.1) is 17.4 Å². The fraction of sp³-hybridized carbons (Fsp3) is 0.538. The van der Waals surface area contributed by atoms with Crippen LogP contribution in [0.1, 0.15) is 48.0 Å².